The van der Waals surface area contributed by atoms with Gasteiger partial charge < -0.3 is 4.57 Å². The standard InChI is InChI=1S/C10H15N3S/c1-4-6-8-14-10-12-11-9(3)13(10)7-5-2/h5,7-8H2,1-3H3. The Hall–Kier alpha value is -0.950. The van der Waals surface area contributed by atoms with Crippen LogP contribution in [0.3, 0.4) is 0 Å². The maximum Gasteiger partial charge on any atom is 0.192 e. The molecule has 0 atom stereocenters. The van der Waals surface area contributed by atoms with E-state index in [1.807, 2.05) is 13.8 Å². The van der Waals surface area contributed by atoms with Gasteiger partial charge in [0.2, 0.25) is 0 Å². The molecule has 0 radical (unpaired) electrons. The minimum atomic E-state index is 0.790. The molecular formula is C10H15N3S. The van der Waals surface area contributed by atoms with Crippen LogP contribution in [0.1, 0.15) is 26.1 Å². The first-order valence-corrected chi connectivity index (χ1v) is 5.70. The van der Waals surface area contributed by atoms with Crippen molar-refractivity contribution in [2.45, 2.75) is 38.9 Å². The van der Waals surface area contributed by atoms with Crippen molar-refractivity contribution in [3.05, 3.63) is 5.82 Å². The molecule has 0 bridgehead atoms. The summed E-state index contributed by atoms with van der Waals surface area (Å²) < 4.78 is 2.14. The third-order valence-electron chi connectivity index (χ3n) is 1.80. The van der Waals surface area contributed by atoms with Crippen LogP contribution in [0.5, 0.6) is 0 Å². The summed E-state index contributed by atoms with van der Waals surface area (Å²) in [7, 11) is 0. The van der Waals surface area contributed by atoms with Crippen LogP contribution in [0.15, 0.2) is 5.16 Å². The lowest BCUT2D eigenvalue weighted by Crippen LogP contribution is -2.01. The Morgan fingerprint density at radius 2 is 2.21 bits per heavy atom. The molecule has 0 saturated heterocycles. The van der Waals surface area contributed by atoms with Crippen molar-refractivity contribution in [1.82, 2.24) is 14.8 Å². The molecular weight excluding hydrogens is 194 g/mol. The van der Waals surface area contributed by atoms with Gasteiger partial charge in [-0.05, 0) is 20.3 Å². The Bertz CT molecular complexity index is 346. The predicted molar refractivity (Wildman–Crippen MR) is 59.2 cm³/mol. The molecule has 0 aliphatic carbocycles. The minimum absolute atomic E-state index is 0.790. The highest BCUT2D eigenvalue weighted by Gasteiger charge is 2.06. The highest BCUT2D eigenvalue weighted by molar-refractivity contribution is 7.99. The van der Waals surface area contributed by atoms with Crippen LogP contribution >= 0.6 is 11.8 Å². The van der Waals surface area contributed by atoms with E-state index in [0.717, 1.165) is 29.7 Å². The number of nitrogens with zero attached hydrogens (tertiary/aromatic N) is 3. The second kappa shape index (κ2) is 5.71. The van der Waals surface area contributed by atoms with Crippen molar-refractivity contribution >= 4 is 11.8 Å². The van der Waals surface area contributed by atoms with Gasteiger partial charge in [0.15, 0.2) is 5.16 Å². The molecule has 0 aliphatic rings. The zero-order chi connectivity index (χ0) is 10.4. The van der Waals surface area contributed by atoms with Gasteiger partial charge in [0.1, 0.15) is 5.82 Å². The second-order valence-corrected chi connectivity index (χ2v) is 3.84. The molecule has 14 heavy (non-hydrogen) atoms. The van der Waals surface area contributed by atoms with Gasteiger partial charge in [0, 0.05) is 6.54 Å². The van der Waals surface area contributed by atoms with Crippen LogP contribution in [-0.2, 0) is 6.54 Å². The maximum absolute atomic E-state index is 4.11. The van der Waals surface area contributed by atoms with E-state index in [1.165, 1.54) is 0 Å². The van der Waals surface area contributed by atoms with Gasteiger partial charge in [-0.3, -0.25) is 0 Å². The van der Waals surface area contributed by atoms with Gasteiger partial charge in [-0.15, -0.1) is 16.1 Å². The largest absolute Gasteiger partial charge is 0.306 e. The zero-order valence-electron chi connectivity index (χ0n) is 8.87. The lowest BCUT2D eigenvalue weighted by Gasteiger charge is -2.04. The van der Waals surface area contributed by atoms with Crippen LogP contribution in [0.4, 0.5) is 0 Å². The SMILES string of the molecule is CC#CCSc1nnc(C)n1CCC. The van der Waals surface area contributed by atoms with Crippen LogP contribution in [-0.4, -0.2) is 20.5 Å². The van der Waals surface area contributed by atoms with Crippen LogP contribution in [0.2, 0.25) is 0 Å². The zero-order valence-corrected chi connectivity index (χ0v) is 9.69. The number of hydrogen-bond acceptors (Lipinski definition) is 3. The van der Waals surface area contributed by atoms with Crippen molar-refractivity contribution in [1.29, 1.82) is 0 Å². The molecule has 0 unspecified atom stereocenters. The van der Waals surface area contributed by atoms with Crippen molar-refractivity contribution < 1.29 is 0 Å². The summed E-state index contributed by atoms with van der Waals surface area (Å²) in [5, 5.41) is 9.15. The number of hydrogen-bond donors (Lipinski definition) is 0. The monoisotopic (exact) mass is 209 g/mol. The molecule has 3 nitrogen and oxygen atoms in total. The summed E-state index contributed by atoms with van der Waals surface area (Å²) in [5.41, 5.74) is 0. The van der Waals surface area contributed by atoms with Crippen LogP contribution in [0, 0.1) is 18.8 Å². The summed E-state index contributed by atoms with van der Waals surface area (Å²) in [6.07, 6.45) is 1.10. The van der Waals surface area contributed by atoms with E-state index in [0.29, 0.717) is 0 Å². The third-order valence-corrected chi connectivity index (χ3v) is 2.65. The Kier molecular flexibility index (Phi) is 4.54. The van der Waals surface area contributed by atoms with Crippen LogP contribution < -0.4 is 0 Å². The second-order valence-electron chi connectivity index (χ2n) is 2.90. The quantitative estimate of drug-likeness (QED) is 0.562. The highest BCUT2D eigenvalue weighted by atomic mass is 32.2. The molecule has 76 valence electrons. The van der Waals surface area contributed by atoms with Crippen molar-refractivity contribution in [3.63, 3.8) is 0 Å². The van der Waals surface area contributed by atoms with Crippen molar-refractivity contribution in [2.75, 3.05) is 5.75 Å². The summed E-state index contributed by atoms with van der Waals surface area (Å²) in [4.78, 5) is 0. The third kappa shape index (κ3) is 2.78. The lowest BCUT2D eigenvalue weighted by molar-refractivity contribution is 0.606. The van der Waals surface area contributed by atoms with E-state index in [4.69, 9.17) is 0 Å². The first-order valence-electron chi connectivity index (χ1n) is 4.71. The Labute approximate surface area is 89.3 Å². The smallest absolute Gasteiger partial charge is 0.192 e. The average molecular weight is 209 g/mol. The fraction of sp³-hybridized carbons (Fsp3) is 0.600. The van der Waals surface area contributed by atoms with E-state index in [2.05, 4.69) is 33.5 Å². The summed E-state index contributed by atoms with van der Waals surface area (Å²) >= 11 is 1.65. The predicted octanol–water partition coefficient (Wildman–Crippen LogP) is 2.11. The average Bonchev–Trinajstić information content (AvgIpc) is 2.51. The summed E-state index contributed by atoms with van der Waals surface area (Å²) in [5.74, 6) is 7.65. The van der Waals surface area contributed by atoms with Gasteiger partial charge in [-0.2, -0.15) is 0 Å². The number of aromatic nitrogens is 3. The summed E-state index contributed by atoms with van der Waals surface area (Å²) in [6, 6.07) is 0. The Morgan fingerprint density at radius 1 is 1.43 bits per heavy atom. The van der Waals surface area contributed by atoms with E-state index < -0.39 is 0 Å². The highest BCUT2D eigenvalue weighted by Crippen LogP contribution is 2.16. The number of rotatable bonds is 4. The molecule has 1 heterocycles. The van der Waals surface area contributed by atoms with Crippen LogP contribution in [0.25, 0.3) is 0 Å². The molecule has 0 fully saturated rings. The Morgan fingerprint density at radius 3 is 2.86 bits per heavy atom. The van der Waals surface area contributed by atoms with Gasteiger partial charge in [0.25, 0.3) is 0 Å². The molecule has 0 aromatic carbocycles. The molecule has 1 aromatic heterocycles. The summed E-state index contributed by atoms with van der Waals surface area (Å²) in [6.45, 7) is 6.97. The van der Waals surface area contributed by atoms with Gasteiger partial charge in [-0.25, -0.2) is 0 Å². The molecule has 0 spiro atoms. The number of thioether (sulfide) groups is 1. The molecule has 0 aliphatic heterocycles. The normalized spacial score (nSPS) is 9.64. The Balaban J connectivity index is 2.68. The molecule has 1 rings (SSSR count). The lowest BCUT2D eigenvalue weighted by atomic mass is 10.5. The fourth-order valence-corrected chi connectivity index (χ4v) is 1.95. The van der Waals surface area contributed by atoms with E-state index in [-0.39, 0.29) is 0 Å². The minimum Gasteiger partial charge on any atom is -0.306 e. The molecule has 0 saturated carbocycles. The molecule has 1 aromatic rings. The van der Waals surface area contributed by atoms with Crippen molar-refractivity contribution in [2.24, 2.45) is 0 Å². The molecule has 4 heteroatoms. The first kappa shape index (κ1) is 11.1. The van der Waals surface area contributed by atoms with Gasteiger partial charge in [-0.1, -0.05) is 24.6 Å². The van der Waals surface area contributed by atoms with E-state index >= 15 is 0 Å². The number of aryl methyl sites for hydroxylation is 1. The van der Waals surface area contributed by atoms with Gasteiger partial charge in [0.05, 0.1) is 5.75 Å². The van der Waals surface area contributed by atoms with E-state index in [1.54, 1.807) is 11.8 Å². The molecule has 0 amide bonds. The van der Waals surface area contributed by atoms with Gasteiger partial charge >= 0.3 is 0 Å². The first-order chi connectivity index (χ1) is 6.79. The maximum atomic E-state index is 4.11. The van der Waals surface area contributed by atoms with E-state index in [9.17, 15) is 0 Å². The fourth-order valence-electron chi connectivity index (χ4n) is 1.12. The molecule has 0 N–H and O–H groups in total. The topological polar surface area (TPSA) is 30.7 Å². The van der Waals surface area contributed by atoms with Crippen molar-refractivity contribution in [3.8, 4) is 11.8 Å².